The van der Waals surface area contributed by atoms with Crippen LogP contribution in [0.1, 0.15) is 12.0 Å². The Morgan fingerprint density at radius 2 is 1.81 bits per heavy atom. The lowest BCUT2D eigenvalue weighted by atomic mass is 9.93. The zero-order valence-corrected chi connectivity index (χ0v) is 8.18. The standard InChI is InChI=1S/C11H9FO4/c12-7-3-1-6(2-4-7)11(10(15)16)5-8(11)9(13)14/h1-4,8H,5H2,(H,13,14)(H,15,16)/t8-,11+/m0/s1. The topological polar surface area (TPSA) is 74.6 Å². The molecule has 0 spiro atoms. The summed E-state index contributed by atoms with van der Waals surface area (Å²) in [5.41, 5.74) is -1.03. The van der Waals surface area contributed by atoms with Gasteiger partial charge in [0.05, 0.1) is 5.92 Å². The monoisotopic (exact) mass is 224 g/mol. The highest BCUT2D eigenvalue weighted by Crippen LogP contribution is 2.54. The molecule has 1 aliphatic carbocycles. The third-order valence-corrected chi connectivity index (χ3v) is 3.00. The highest BCUT2D eigenvalue weighted by molar-refractivity contribution is 5.94. The van der Waals surface area contributed by atoms with E-state index in [4.69, 9.17) is 10.2 Å². The van der Waals surface area contributed by atoms with Crippen molar-refractivity contribution < 1.29 is 24.2 Å². The van der Waals surface area contributed by atoms with Gasteiger partial charge in [-0.3, -0.25) is 9.59 Å². The molecule has 0 saturated heterocycles. The zero-order valence-electron chi connectivity index (χ0n) is 8.18. The van der Waals surface area contributed by atoms with E-state index in [0.29, 0.717) is 5.56 Å². The van der Waals surface area contributed by atoms with Gasteiger partial charge in [-0.05, 0) is 24.1 Å². The minimum Gasteiger partial charge on any atom is -0.481 e. The second-order valence-electron chi connectivity index (χ2n) is 3.88. The fraction of sp³-hybridized carbons (Fsp3) is 0.273. The molecular formula is C11H9FO4. The molecule has 84 valence electrons. The molecule has 2 atom stereocenters. The Labute approximate surface area is 90.3 Å². The van der Waals surface area contributed by atoms with Crippen LogP contribution < -0.4 is 0 Å². The van der Waals surface area contributed by atoms with Crippen LogP contribution in [0.2, 0.25) is 0 Å². The van der Waals surface area contributed by atoms with Crippen LogP contribution in [0.4, 0.5) is 4.39 Å². The van der Waals surface area contributed by atoms with Crippen LogP contribution in [0.25, 0.3) is 0 Å². The number of carbonyl (C=O) groups is 2. The van der Waals surface area contributed by atoms with Gasteiger partial charge in [-0.2, -0.15) is 0 Å². The maximum absolute atomic E-state index is 12.7. The molecule has 16 heavy (non-hydrogen) atoms. The summed E-state index contributed by atoms with van der Waals surface area (Å²) in [5.74, 6) is -3.70. The van der Waals surface area contributed by atoms with Gasteiger partial charge >= 0.3 is 11.9 Å². The summed E-state index contributed by atoms with van der Waals surface area (Å²) in [6.07, 6.45) is 0.0588. The van der Waals surface area contributed by atoms with E-state index >= 15 is 0 Å². The number of hydrogen-bond donors (Lipinski definition) is 2. The molecule has 2 N–H and O–H groups in total. The first-order chi connectivity index (χ1) is 7.48. The third-order valence-electron chi connectivity index (χ3n) is 3.00. The summed E-state index contributed by atoms with van der Waals surface area (Å²) in [6, 6.07) is 4.92. The van der Waals surface area contributed by atoms with E-state index in [9.17, 15) is 14.0 Å². The highest BCUT2D eigenvalue weighted by Gasteiger charge is 2.65. The smallest absolute Gasteiger partial charge is 0.315 e. The maximum atomic E-state index is 12.7. The SMILES string of the molecule is O=C(O)[C@@H]1C[C@@]1(C(=O)O)c1ccc(F)cc1. The van der Waals surface area contributed by atoms with Crippen molar-refractivity contribution in [1.29, 1.82) is 0 Å². The first-order valence-electron chi connectivity index (χ1n) is 4.70. The van der Waals surface area contributed by atoms with Crippen molar-refractivity contribution in [2.75, 3.05) is 0 Å². The number of aliphatic carboxylic acids is 2. The summed E-state index contributed by atoms with van der Waals surface area (Å²) in [7, 11) is 0. The molecule has 1 fully saturated rings. The van der Waals surface area contributed by atoms with Gasteiger partial charge < -0.3 is 10.2 Å². The second kappa shape index (κ2) is 3.30. The Kier molecular flexibility index (Phi) is 2.18. The highest BCUT2D eigenvalue weighted by atomic mass is 19.1. The van der Waals surface area contributed by atoms with Gasteiger partial charge in [0.25, 0.3) is 0 Å². The van der Waals surface area contributed by atoms with Crippen molar-refractivity contribution in [1.82, 2.24) is 0 Å². The summed E-state index contributed by atoms with van der Waals surface area (Å²) in [5, 5.41) is 17.9. The van der Waals surface area contributed by atoms with Crippen LogP contribution >= 0.6 is 0 Å². The van der Waals surface area contributed by atoms with E-state index in [1.807, 2.05) is 0 Å². The van der Waals surface area contributed by atoms with Crippen LogP contribution in [0.3, 0.4) is 0 Å². The number of hydrogen-bond acceptors (Lipinski definition) is 2. The van der Waals surface area contributed by atoms with Crippen molar-refractivity contribution in [2.24, 2.45) is 5.92 Å². The lowest BCUT2D eigenvalue weighted by Crippen LogP contribution is -2.25. The Morgan fingerprint density at radius 3 is 2.19 bits per heavy atom. The lowest BCUT2D eigenvalue weighted by Gasteiger charge is -2.11. The van der Waals surface area contributed by atoms with Crippen LogP contribution in [-0.4, -0.2) is 22.2 Å². The summed E-state index contributed by atoms with van der Waals surface area (Å²) in [6.45, 7) is 0. The Bertz CT molecular complexity index is 454. The normalized spacial score (nSPS) is 27.4. The van der Waals surface area contributed by atoms with E-state index in [2.05, 4.69) is 0 Å². The predicted molar refractivity (Wildman–Crippen MR) is 51.5 cm³/mol. The zero-order chi connectivity index (χ0) is 11.9. The van der Waals surface area contributed by atoms with Crippen molar-refractivity contribution in [2.45, 2.75) is 11.8 Å². The number of halogens is 1. The molecule has 1 aliphatic rings. The van der Waals surface area contributed by atoms with E-state index in [1.54, 1.807) is 0 Å². The molecule has 0 amide bonds. The fourth-order valence-corrected chi connectivity index (χ4v) is 1.99. The fourth-order valence-electron chi connectivity index (χ4n) is 1.99. The molecule has 1 saturated carbocycles. The molecule has 0 radical (unpaired) electrons. The molecule has 0 heterocycles. The first kappa shape index (κ1) is 10.6. The largest absolute Gasteiger partial charge is 0.481 e. The quantitative estimate of drug-likeness (QED) is 0.810. The van der Waals surface area contributed by atoms with Gasteiger partial charge in [-0.25, -0.2) is 4.39 Å². The molecule has 0 bridgehead atoms. The van der Waals surface area contributed by atoms with Crippen LogP contribution in [0.5, 0.6) is 0 Å². The summed E-state index contributed by atoms with van der Waals surface area (Å²) in [4.78, 5) is 21.9. The molecule has 0 aliphatic heterocycles. The molecule has 0 unspecified atom stereocenters. The van der Waals surface area contributed by atoms with Gasteiger partial charge in [0.2, 0.25) is 0 Å². The molecule has 1 aromatic carbocycles. The maximum Gasteiger partial charge on any atom is 0.315 e. The number of benzene rings is 1. The van der Waals surface area contributed by atoms with E-state index in [-0.39, 0.29) is 6.42 Å². The van der Waals surface area contributed by atoms with E-state index in [0.717, 1.165) is 12.1 Å². The van der Waals surface area contributed by atoms with Crippen molar-refractivity contribution in [3.8, 4) is 0 Å². The van der Waals surface area contributed by atoms with Crippen molar-refractivity contribution >= 4 is 11.9 Å². The summed E-state index contributed by atoms with van der Waals surface area (Å²) >= 11 is 0. The number of rotatable bonds is 3. The number of carboxylic acid groups (broad SMARTS) is 2. The third kappa shape index (κ3) is 1.36. The Balaban J connectivity index is 2.40. The predicted octanol–water partition coefficient (Wildman–Crippen LogP) is 1.25. The number of carboxylic acids is 2. The van der Waals surface area contributed by atoms with Crippen molar-refractivity contribution in [3.63, 3.8) is 0 Å². The van der Waals surface area contributed by atoms with Crippen LogP contribution in [-0.2, 0) is 15.0 Å². The van der Waals surface area contributed by atoms with Gasteiger partial charge in [0.1, 0.15) is 11.2 Å². The second-order valence-corrected chi connectivity index (χ2v) is 3.88. The van der Waals surface area contributed by atoms with E-state index in [1.165, 1.54) is 12.1 Å². The first-order valence-corrected chi connectivity index (χ1v) is 4.70. The molecule has 0 aromatic heterocycles. The minimum absolute atomic E-state index is 0.0588. The van der Waals surface area contributed by atoms with Gasteiger partial charge in [0.15, 0.2) is 0 Å². The average Bonchev–Trinajstić information content (AvgIpc) is 2.95. The van der Waals surface area contributed by atoms with Gasteiger partial charge in [-0.15, -0.1) is 0 Å². The lowest BCUT2D eigenvalue weighted by molar-refractivity contribution is -0.145. The Hall–Kier alpha value is -1.91. The van der Waals surface area contributed by atoms with E-state index < -0.39 is 29.1 Å². The Morgan fingerprint density at radius 1 is 1.25 bits per heavy atom. The molecule has 2 rings (SSSR count). The average molecular weight is 224 g/mol. The van der Waals surface area contributed by atoms with Gasteiger partial charge in [0, 0.05) is 0 Å². The van der Waals surface area contributed by atoms with Gasteiger partial charge in [-0.1, -0.05) is 12.1 Å². The minimum atomic E-state index is -1.38. The molecule has 1 aromatic rings. The summed E-state index contributed by atoms with van der Waals surface area (Å²) < 4.78 is 12.7. The van der Waals surface area contributed by atoms with Crippen molar-refractivity contribution in [3.05, 3.63) is 35.6 Å². The van der Waals surface area contributed by atoms with Crippen LogP contribution in [0.15, 0.2) is 24.3 Å². The molecule has 5 heteroatoms. The molecular weight excluding hydrogens is 215 g/mol. The van der Waals surface area contributed by atoms with Crippen LogP contribution in [0, 0.1) is 11.7 Å². The molecule has 4 nitrogen and oxygen atoms in total.